The number of amides is 3. The highest BCUT2D eigenvalue weighted by Gasteiger charge is 2.69. The minimum atomic E-state index is -0.466. The highest BCUT2D eigenvalue weighted by Crippen LogP contribution is 2.68. The van der Waals surface area contributed by atoms with E-state index in [1.807, 2.05) is 60.7 Å². The topological polar surface area (TPSA) is 109 Å². The van der Waals surface area contributed by atoms with Crippen molar-refractivity contribution in [1.82, 2.24) is 4.98 Å². The molecule has 3 heterocycles. The van der Waals surface area contributed by atoms with Crippen molar-refractivity contribution >= 4 is 63.0 Å². The summed E-state index contributed by atoms with van der Waals surface area (Å²) in [5, 5.41) is 5.77. The van der Waals surface area contributed by atoms with Crippen LogP contribution in [0.1, 0.15) is 22.8 Å². The number of nitrogens with zero attached hydrogens (tertiary/aromatic N) is 1. The van der Waals surface area contributed by atoms with Gasteiger partial charge in [0.2, 0.25) is 11.8 Å². The zero-order valence-electron chi connectivity index (χ0n) is 25.3. The van der Waals surface area contributed by atoms with Crippen LogP contribution in [0, 0.1) is 35.4 Å². The second kappa shape index (κ2) is 11.2. The normalized spacial score (nSPS) is 26.8. The predicted octanol–water partition coefficient (Wildman–Crippen LogP) is 6.42. The molecule has 0 spiro atoms. The van der Waals surface area contributed by atoms with Crippen LogP contribution in [-0.4, -0.2) is 34.6 Å². The molecule has 7 atom stereocenters. The van der Waals surface area contributed by atoms with Crippen molar-refractivity contribution in [2.75, 3.05) is 16.8 Å². The SMILES string of the molecule is O=C(COc1cccc([C@H]2c3sc(=O)[nH]c3SC3C4CC(C5C(=O)N(c6ccc(F)cc6)C(=O)C45)C32)c1)Nc1cccc2ccccc12. The minimum absolute atomic E-state index is 0.00929. The number of benzene rings is 4. The maximum atomic E-state index is 13.9. The van der Waals surface area contributed by atoms with Gasteiger partial charge in [0, 0.05) is 27.1 Å². The number of imide groups is 1. The molecule has 2 aliphatic heterocycles. The standard InChI is InChI=1S/C37H28FN3O5S2/c38-20-11-13-21(14-12-20)41-35(43)30-24-16-25(31(30)36(41)44)32-29(24)28(33-34(47-32)40-37(45)48-33)19-7-3-8-22(15-19)46-17-27(42)39-26-10-4-6-18-5-1-2-9-23(18)26/h1-15,24-25,28-32H,16-17H2,(H,39,42)(H,40,45)/t24?,25?,28-,29?,30?,31?,32?/m1/s1. The van der Waals surface area contributed by atoms with E-state index in [0.717, 1.165) is 32.7 Å². The van der Waals surface area contributed by atoms with Gasteiger partial charge in [0.25, 0.3) is 5.91 Å². The number of thiazole rings is 1. The average Bonchev–Trinajstić information content (AvgIpc) is 3.83. The van der Waals surface area contributed by atoms with Crippen LogP contribution in [0.5, 0.6) is 5.75 Å². The van der Waals surface area contributed by atoms with E-state index in [-0.39, 0.29) is 58.1 Å². The fourth-order valence-electron chi connectivity index (χ4n) is 8.70. The van der Waals surface area contributed by atoms with Crippen LogP contribution < -0.4 is 19.8 Å². The number of thioether (sulfide) groups is 1. The quantitative estimate of drug-likeness (QED) is 0.201. The first-order valence-corrected chi connectivity index (χ1v) is 17.6. The van der Waals surface area contributed by atoms with Crippen molar-refractivity contribution in [3.8, 4) is 5.75 Å². The molecule has 6 unspecified atom stereocenters. The van der Waals surface area contributed by atoms with E-state index < -0.39 is 17.7 Å². The van der Waals surface area contributed by atoms with E-state index in [1.54, 1.807) is 17.8 Å². The first-order chi connectivity index (χ1) is 23.4. The van der Waals surface area contributed by atoms with Crippen molar-refractivity contribution in [3.63, 3.8) is 0 Å². The lowest BCUT2D eigenvalue weighted by atomic mass is 9.68. The Kier molecular flexibility index (Phi) is 6.84. The number of carbonyl (C=O) groups is 3. The van der Waals surface area contributed by atoms with Crippen LogP contribution in [0.25, 0.3) is 10.8 Å². The van der Waals surface area contributed by atoms with Gasteiger partial charge in [-0.25, -0.2) is 4.39 Å². The Hall–Kier alpha value is -4.74. The summed E-state index contributed by atoms with van der Waals surface area (Å²) in [6, 6.07) is 26.7. The minimum Gasteiger partial charge on any atom is -0.484 e. The number of hydrogen-bond acceptors (Lipinski definition) is 7. The Morgan fingerprint density at radius 1 is 0.917 bits per heavy atom. The average molecular weight is 678 g/mol. The van der Waals surface area contributed by atoms with Crippen LogP contribution in [-0.2, 0) is 14.4 Å². The van der Waals surface area contributed by atoms with Crippen molar-refractivity contribution < 1.29 is 23.5 Å². The smallest absolute Gasteiger partial charge is 0.305 e. The molecule has 0 radical (unpaired) electrons. The zero-order chi connectivity index (χ0) is 32.7. The molecule has 1 saturated heterocycles. The third-order valence-corrected chi connectivity index (χ3v) is 13.0. The second-order valence-corrected chi connectivity index (χ2v) is 15.1. The van der Waals surface area contributed by atoms with Crippen molar-refractivity contribution in [2.45, 2.75) is 22.6 Å². The van der Waals surface area contributed by atoms with Gasteiger partial charge in [-0.1, -0.05) is 59.9 Å². The summed E-state index contributed by atoms with van der Waals surface area (Å²) in [6.07, 6.45) is 0.757. The molecule has 9 rings (SSSR count). The van der Waals surface area contributed by atoms with Gasteiger partial charge in [0.1, 0.15) is 11.6 Å². The number of nitrogens with one attached hydrogen (secondary N) is 2. The molecule has 1 aromatic heterocycles. The summed E-state index contributed by atoms with van der Waals surface area (Å²) in [7, 11) is 0. The number of aromatic amines is 1. The maximum Gasteiger partial charge on any atom is 0.305 e. The molecule has 5 aromatic rings. The largest absolute Gasteiger partial charge is 0.484 e. The number of ether oxygens (including phenoxy) is 1. The molecule has 3 amide bonds. The summed E-state index contributed by atoms with van der Waals surface area (Å²) in [5.41, 5.74) is 2.04. The Morgan fingerprint density at radius 3 is 2.50 bits per heavy atom. The van der Waals surface area contributed by atoms with E-state index in [2.05, 4.69) is 10.3 Å². The van der Waals surface area contributed by atoms with Crippen LogP contribution in [0.4, 0.5) is 15.8 Å². The van der Waals surface area contributed by atoms with E-state index in [1.165, 1.54) is 40.5 Å². The first kappa shape index (κ1) is 29.4. The van der Waals surface area contributed by atoms with Crippen LogP contribution in [0.3, 0.4) is 0 Å². The second-order valence-electron chi connectivity index (χ2n) is 12.9. The molecule has 2 saturated carbocycles. The lowest BCUT2D eigenvalue weighted by Crippen LogP contribution is -2.42. The highest BCUT2D eigenvalue weighted by molar-refractivity contribution is 8.00. The van der Waals surface area contributed by atoms with Crippen LogP contribution >= 0.6 is 23.1 Å². The Balaban J connectivity index is 0.999. The monoisotopic (exact) mass is 677 g/mol. The van der Waals surface area contributed by atoms with Gasteiger partial charge < -0.3 is 15.0 Å². The fraction of sp³-hybridized carbons (Fsp3) is 0.243. The van der Waals surface area contributed by atoms with Crippen molar-refractivity contribution in [2.24, 2.45) is 29.6 Å². The fourth-order valence-corrected chi connectivity index (χ4v) is 11.6. The van der Waals surface area contributed by atoms with Gasteiger partial charge in [-0.3, -0.25) is 24.1 Å². The summed E-state index contributed by atoms with van der Waals surface area (Å²) in [6.45, 7) is -0.188. The zero-order valence-corrected chi connectivity index (χ0v) is 26.9. The van der Waals surface area contributed by atoms with Gasteiger partial charge in [0.05, 0.1) is 22.5 Å². The third kappa shape index (κ3) is 4.55. The molecule has 2 aliphatic carbocycles. The number of carbonyl (C=O) groups excluding carboxylic acids is 3. The van der Waals surface area contributed by atoms with Gasteiger partial charge >= 0.3 is 4.87 Å². The number of halogens is 1. The molecule has 3 fully saturated rings. The molecule has 2 bridgehead atoms. The number of H-pyrrole nitrogens is 1. The van der Waals surface area contributed by atoms with Gasteiger partial charge in [-0.2, -0.15) is 0 Å². The molecular weight excluding hydrogens is 650 g/mol. The molecule has 11 heteroatoms. The Bertz CT molecular complexity index is 2190. The molecular formula is C37H28FN3O5S2. The van der Waals surface area contributed by atoms with E-state index in [9.17, 15) is 23.6 Å². The van der Waals surface area contributed by atoms with Crippen molar-refractivity contribution in [3.05, 3.63) is 117 Å². The maximum absolute atomic E-state index is 13.9. The lowest BCUT2D eigenvalue weighted by Gasteiger charge is -2.43. The Labute approximate surface area is 282 Å². The third-order valence-electron chi connectivity index (χ3n) is 10.5. The highest BCUT2D eigenvalue weighted by atomic mass is 32.2. The summed E-state index contributed by atoms with van der Waals surface area (Å²) < 4.78 is 19.7. The number of anilines is 2. The number of hydrogen-bond donors (Lipinski definition) is 2. The summed E-state index contributed by atoms with van der Waals surface area (Å²) >= 11 is 2.81. The number of rotatable bonds is 6. The molecule has 4 aliphatic rings. The van der Waals surface area contributed by atoms with Crippen LogP contribution in [0.2, 0.25) is 0 Å². The number of fused-ring (bicyclic) bond motifs is 10. The summed E-state index contributed by atoms with van der Waals surface area (Å²) in [4.78, 5) is 58.4. The van der Waals surface area contributed by atoms with E-state index in [4.69, 9.17) is 4.74 Å². The lowest BCUT2D eigenvalue weighted by molar-refractivity contribution is -0.123. The Morgan fingerprint density at radius 2 is 1.67 bits per heavy atom. The summed E-state index contributed by atoms with van der Waals surface area (Å²) in [5.74, 6) is -1.83. The molecule has 2 N–H and O–H groups in total. The van der Waals surface area contributed by atoms with Gasteiger partial charge in [-0.15, -0.1) is 11.8 Å². The molecule has 48 heavy (non-hydrogen) atoms. The van der Waals surface area contributed by atoms with E-state index >= 15 is 0 Å². The van der Waals surface area contributed by atoms with E-state index in [0.29, 0.717) is 17.1 Å². The van der Waals surface area contributed by atoms with Gasteiger partial charge in [-0.05, 0) is 77.6 Å². The van der Waals surface area contributed by atoms with Crippen molar-refractivity contribution in [1.29, 1.82) is 0 Å². The molecule has 240 valence electrons. The van der Waals surface area contributed by atoms with Crippen LogP contribution in [0.15, 0.2) is 101 Å². The molecule has 4 aromatic carbocycles. The number of aromatic nitrogens is 1. The predicted molar refractivity (Wildman–Crippen MR) is 182 cm³/mol. The molecule has 8 nitrogen and oxygen atoms in total. The first-order valence-electron chi connectivity index (χ1n) is 15.9. The van der Waals surface area contributed by atoms with Gasteiger partial charge in [0.15, 0.2) is 6.61 Å².